The molecule has 1 aromatic rings. The zero-order chi connectivity index (χ0) is 14.8. The maximum atomic E-state index is 12.0. The average Bonchev–Trinajstić information content (AvgIpc) is 2.43. The number of nitrogens with one attached hydrogen (secondary N) is 3. The summed E-state index contributed by atoms with van der Waals surface area (Å²) < 4.78 is 31.5. The van der Waals surface area contributed by atoms with E-state index in [1.807, 2.05) is 6.07 Å². The molecule has 1 rings (SSSR count). The first-order chi connectivity index (χ1) is 9.61. The summed E-state index contributed by atoms with van der Waals surface area (Å²) in [7, 11) is -1.79. The SMILES string of the molecule is CCNS(=O)(=O)c1ccccc1NCCNCCOC. The minimum absolute atomic E-state index is 0.277. The van der Waals surface area contributed by atoms with E-state index in [2.05, 4.69) is 15.4 Å². The van der Waals surface area contributed by atoms with E-state index in [1.54, 1.807) is 32.2 Å². The van der Waals surface area contributed by atoms with Crippen molar-refractivity contribution >= 4 is 15.7 Å². The molecule has 0 spiro atoms. The van der Waals surface area contributed by atoms with Gasteiger partial charge in [-0.15, -0.1) is 0 Å². The summed E-state index contributed by atoms with van der Waals surface area (Å²) in [6.45, 7) is 4.94. The topological polar surface area (TPSA) is 79.5 Å². The van der Waals surface area contributed by atoms with E-state index in [9.17, 15) is 8.42 Å². The van der Waals surface area contributed by atoms with Crippen LogP contribution in [0.4, 0.5) is 5.69 Å². The predicted molar refractivity (Wildman–Crippen MR) is 80.5 cm³/mol. The number of ether oxygens (including phenoxy) is 1. The number of benzene rings is 1. The molecule has 1 aromatic carbocycles. The van der Waals surface area contributed by atoms with Gasteiger partial charge in [-0.05, 0) is 12.1 Å². The van der Waals surface area contributed by atoms with Gasteiger partial charge in [0.05, 0.1) is 12.3 Å². The van der Waals surface area contributed by atoms with E-state index >= 15 is 0 Å². The molecule has 20 heavy (non-hydrogen) atoms. The molecule has 0 aliphatic rings. The monoisotopic (exact) mass is 301 g/mol. The zero-order valence-electron chi connectivity index (χ0n) is 12.0. The van der Waals surface area contributed by atoms with Crippen LogP contribution in [-0.4, -0.2) is 48.3 Å². The van der Waals surface area contributed by atoms with E-state index in [0.29, 0.717) is 25.4 Å². The van der Waals surface area contributed by atoms with E-state index in [1.165, 1.54) is 0 Å². The lowest BCUT2D eigenvalue weighted by Crippen LogP contribution is -2.27. The lowest BCUT2D eigenvalue weighted by atomic mass is 10.3. The van der Waals surface area contributed by atoms with Gasteiger partial charge < -0.3 is 15.4 Å². The highest BCUT2D eigenvalue weighted by Gasteiger charge is 2.16. The summed E-state index contributed by atoms with van der Waals surface area (Å²) in [6.07, 6.45) is 0. The Balaban J connectivity index is 2.58. The van der Waals surface area contributed by atoms with Crippen molar-refractivity contribution in [1.29, 1.82) is 0 Å². The number of anilines is 1. The van der Waals surface area contributed by atoms with Crippen LogP contribution in [0.2, 0.25) is 0 Å². The van der Waals surface area contributed by atoms with Gasteiger partial charge in [0.1, 0.15) is 4.90 Å². The van der Waals surface area contributed by atoms with Crippen LogP contribution in [0.5, 0.6) is 0 Å². The highest BCUT2D eigenvalue weighted by Crippen LogP contribution is 2.19. The third kappa shape index (κ3) is 5.46. The summed E-state index contributed by atoms with van der Waals surface area (Å²) in [6, 6.07) is 6.88. The van der Waals surface area contributed by atoms with Crippen LogP contribution in [0.3, 0.4) is 0 Å². The minimum Gasteiger partial charge on any atom is -0.383 e. The lowest BCUT2D eigenvalue weighted by molar-refractivity contribution is 0.200. The Morgan fingerprint density at radius 2 is 1.90 bits per heavy atom. The summed E-state index contributed by atoms with van der Waals surface area (Å²) >= 11 is 0. The fraction of sp³-hybridized carbons (Fsp3) is 0.538. The number of methoxy groups -OCH3 is 1. The molecule has 114 valence electrons. The van der Waals surface area contributed by atoms with E-state index in [-0.39, 0.29) is 4.90 Å². The molecule has 0 saturated carbocycles. The predicted octanol–water partition coefficient (Wildman–Crippen LogP) is 0.633. The van der Waals surface area contributed by atoms with Crippen LogP contribution < -0.4 is 15.4 Å². The van der Waals surface area contributed by atoms with Gasteiger partial charge in [-0.3, -0.25) is 0 Å². The first-order valence-corrected chi connectivity index (χ1v) is 8.12. The average molecular weight is 301 g/mol. The number of para-hydroxylation sites is 1. The van der Waals surface area contributed by atoms with Crippen molar-refractivity contribution in [3.63, 3.8) is 0 Å². The first kappa shape index (κ1) is 16.9. The summed E-state index contributed by atoms with van der Waals surface area (Å²) in [5, 5.41) is 6.32. The molecule has 0 fully saturated rings. The van der Waals surface area contributed by atoms with Crippen molar-refractivity contribution in [1.82, 2.24) is 10.0 Å². The second-order valence-corrected chi connectivity index (χ2v) is 5.90. The Hall–Kier alpha value is -1.15. The van der Waals surface area contributed by atoms with Gasteiger partial charge in [0.25, 0.3) is 0 Å². The Labute approximate surface area is 121 Å². The van der Waals surface area contributed by atoms with Crippen LogP contribution in [0.25, 0.3) is 0 Å². The number of sulfonamides is 1. The van der Waals surface area contributed by atoms with Crippen molar-refractivity contribution in [2.75, 3.05) is 45.2 Å². The number of hydrogen-bond donors (Lipinski definition) is 3. The standard InChI is InChI=1S/C13H23N3O3S/c1-3-16-20(17,18)13-7-5-4-6-12(13)15-9-8-14-10-11-19-2/h4-7,14-16H,3,8-11H2,1-2H3. The van der Waals surface area contributed by atoms with E-state index < -0.39 is 10.0 Å². The summed E-state index contributed by atoms with van der Waals surface area (Å²) in [5.74, 6) is 0. The van der Waals surface area contributed by atoms with Gasteiger partial charge in [-0.25, -0.2) is 13.1 Å². The molecular formula is C13H23N3O3S. The Bertz CT molecular complexity index is 491. The quantitative estimate of drug-likeness (QED) is 0.553. The largest absolute Gasteiger partial charge is 0.383 e. The van der Waals surface area contributed by atoms with Gasteiger partial charge in [0, 0.05) is 33.3 Å². The molecule has 0 radical (unpaired) electrons. The third-order valence-corrected chi connectivity index (χ3v) is 4.21. The van der Waals surface area contributed by atoms with Crippen molar-refractivity contribution in [3.8, 4) is 0 Å². The molecule has 3 N–H and O–H groups in total. The molecular weight excluding hydrogens is 278 g/mol. The maximum Gasteiger partial charge on any atom is 0.242 e. The fourth-order valence-corrected chi connectivity index (χ4v) is 2.92. The molecule has 0 saturated heterocycles. The van der Waals surface area contributed by atoms with E-state index in [0.717, 1.165) is 13.1 Å². The Morgan fingerprint density at radius 1 is 1.15 bits per heavy atom. The minimum atomic E-state index is -3.45. The zero-order valence-corrected chi connectivity index (χ0v) is 12.8. The van der Waals surface area contributed by atoms with Gasteiger partial charge in [0.2, 0.25) is 10.0 Å². The van der Waals surface area contributed by atoms with Gasteiger partial charge in [0.15, 0.2) is 0 Å². The lowest BCUT2D eigenvalue weighted by Gasteiger charge is -2.13. The fourth-order valence-electron chi connectivity index (χ4n) is 1.70. The van der Waals surface area contributed by atoms with Crippen molar-refractivity contribution < 1.29 is 13.2 Å². The summed E-state index contributed by atoms with van der Waals surface area (Å²) in [4.78, 5) is 0.277. The summed E-state index contributed by atoms with van der Waals surface area (Å²) in [5.41, 5.74) is 0.613. The van der Waals surface area contributed by atoms with E-state index in [4.69, 9.17) is 4.74 Å². The smallest absolute Gasteiger partial charge is 0.242 e. The van der Waals surface area contributed by atoms with Gasteiger partial charge >= 0.3 is 0 Å². The molecule has 0 bridgehead atoms. The Morgan fingerprint density at radius 3 is 2.60 bits per heavy atom. The molecule has 0 aromatic heterocycles. The highest BCUT2D eigenvalue weighted by molar-refractivity contribution is 7.89. The number of hydrogen-bond acceptors (Lipinski definition) is 5. The molecule has 0 atom stereocenters. The molecule has 7 heteroatoms. The maximum absolute atomic E-state index is 12.0. The van der Waals surface area contributed by atoms with Crippen LogP contribution in [-0.2, 0) is 14.8 Å². The highest BCUT2D eigenvalue weighted by atomic mass is 32.2. The first-order valence-electron chi connectivity index (χ1n) is 6.64. The molecule has 0 amide bonds. The molecule has 0 aliphatic heterocycles. The molecule has 0 aliphatic carbocycles. The number of rotatable bonds is 10. The third-order valence-electron chi connectivity index (χ3n) is 2.61. The normalized spacial score (nSPS) is 11.5. The van der Waals surface area contributed by atoms with Gasteiger partial charge in [-0.1, -0.05) is 19.1 Å². The van der Waals surface area contributed by atoms with Crippen molar-refractivity contribution in [2.24, 2.45) is 0 Å². The van der Waals surface area contributed by atoms with Gasteiger partial charge in [-0.2, -0.15) is 0 Å². The van der Waals surface area contributed by atoms with Crippen LogP contribution in [0.15, 0.2) is 29.2 Å². The molecule has 0 unspecified atom stereocenters. The second-order valence-electron chi connectivity index (χ2n) is 4.17. The molecule has 0 heterocycles. The molecule has 6 nitrogen and oxygen atoms in total. The van der Waals surface area contributed by atoms with Crippen molar-refractivity contribution in [2.45, 2.75) is 11.8 Å². The van der Waals surface area contributed by atoms with Crippen molar-refractivity contribution in [3.05, 3.63) is 24.3 Å². The van der Waals surface area contributed by atoms with Crippen LogP contribution in [0.1, 0.15) is 6.92 Å². The van der Waals surface area contributed by atoms with Crippen LogP contribution >= 0.6 is 0 Å². The second kappa shape index (κ2) is 8.91. The Kier molecular flexibility index (Phi) is 7.53. The van der Waals surface area contributed by atoms with Crippen LogP contribution in [0, 0.1) is 0 Å².